The molecule has 0 radical (unpaired) electrons. The molecule has 1 nitrogen and oxygen atoms in total. The van der Waals surface area contributed by atoms with Crippen LogP contribution in [0.4, 0.5) is 13.2 Å². The van der Waals surface area contributed by atoms with E-state index in [9.17, 15) is 18.3 Å². The Morgan fingerprint density at radius 3 is 1.78 bits per heavy atom. The van der Waals surface area contributed by atoms with Gasteiger partial charge >= 0.3 is 6.18 Å². The van der Waals surface area contributed by atoms with Gasteiger partial charge in [0.25, 0.3) is 0 Å². The van der Waals surface area contributed by atoms with Crippen molar-refractivity contribution in [2.24, 2.45) is 0 Å². The zero-order valence-electron chi connectivity index (χ0n) is 9.35. The van der Waals surface area contributed by atoms with Crippen LogP contribution in [0.15, 0.2) is 54.6 Å². The van der Waals surface area contributed by atoms with Crippen LogP contribution in [0.5, 0.6) is 0 Å². The molecule has 0 heterocycles. The molecule has 0 aliphatic carbocycles. The number of rotatable bonds is 2. The molecule has 0 saturated carbocycles. The van der Waals surface area contributed by atoms with Gasteiger partial charge in [0.05, 0.1) is 5.56 Å². The number of alkyl halides is 3. The highest BCUT2D eigenvalue weighted by molar-refractivity contribution is 5.32. The summed E-state index contributed by atoms with van der Waals surface area (Å²) in [5, 5.41) is 10.0. The van der Waals surface area contributed by atoms with E-state index < -0.39 is 17.8 Å². The maximum absolute atomic E-state index is 12.4. The normalized spacial score (nSPS) is 13.3. The van der Waals surface area contributed by atoms with Gasteiger partial charge in [0.15, 0.2) is 0 Å². The number of aliphatic hydroxyl groups is 1. The van der Waals surface area contributed by atoms with Crippen LogP contribution in [0.25, 0.3) is 0 Å². The fourth-order valence-electron chi connectivity index (χ4n) is 1.68. The van der Waals surface area contributed by atoms with Crippen molar-refractivity contribution in [2.75, 3.05) is 0 Å². The van der Waals surface area contributed by atoms with Crippen LogP contribution in [0.3, 0.4) is 0 Å². The van der Waals surface area contributed by atoms with Gasteiger partial charge in [0.2, 0.25) is 0 Å². The Hall–Kier alpha value is -1.81. The van der Waals surface area contributed by atoms with Crippen LogP contribution in [0.1, 0.15) is 22.8 Å². The molecule has 0 aliphatic rings. The first kappa shape index (κ1) is 12.6. The zero-order chi connectivity index (χ0) is 13.2. The monoisotopic (exact) mass is 252 g/mol. The number of hydrogen-bond donors (Lipinski definition) is 1. The first-order chi connectivity index (χ1) is 8.48. The van der Waals surface area contributed by atoms with Crippen LogP contribution in [0, 0.1) is 0 Å². The van der Waals surface area contributed by atoms with Gasteiger partial charge in [0, 0.05) is 0 Å². The van der Waals surface area contributed by atoms with E-state index in [0.29, 0.717) is 11.1 Å². The minimum absolute atomic E-state index is 0.439. The molecule has 0 aromatic heterocycles. The molecule has 2 aromatic rings. The first-order valence-electron chi connectivity index (χ1n) is 5.38. The molecule has 0 aliphatic heterocycles. The summed E-state index contributed by atoms with van der Waals surface area (Å²) in [6.07, 6.45) is -5.26. The van der Waals surface area contributed by atoms with Crippen molar-refractivity contribution in [3.8, 4) is 0 Å². The van der Waals surface area contributed by atoms with Crippen molar-refractivity contribution in [1.29, 1.82) is 0 Å². The number of halogens is 3. The molecule has 2 rings (SSSR count). The Kier molecular flexibility index (Phi) is 3.39. The third-order valence-corrected chi connectivity index (χ3v) is 2.67. The summed E-state index contributed by atoms with van der Waals surface area (Å²) in [6.45, 7) is 0. The molecule has 0 amide bonds. The third kappa shape index (κ3) is 2.71. The van der Waals surface area contributed by atoms with Crippen molar-refractivity contribution in [3.63, 3.8) is 0 Å². The van der Waals surface area contributed by atoms with Crippen molar-refractivity contribution < 1.29 is 18.3 Å². The number of aliphatic hydroxyl groups excluding tert-OH is 1. The second-order valence-corrected chi connectivity index (χ2v) is 3.93. The Morgan fingerprint density at radius 2 is 1.28 bits per heavy atom. The van der Waals surface area contributed by atoms with Gasteiger partial charge in [-0.15, -0.1) is 0 Å². The summed E-state index contributed by atoms with van der Waals surface area (Å²) < 4.78 is 37.1. The molecule has 0 fully saturated rings. The van der Waals surface area contributed by atoms with Crippen LogP contribution < -0.4 is 0 Å². The van der Waals surface area contributed by atoms with E-state index in [4.69, 9.17) is 0 Å². The maximum atomic E-state index is 12.4. The quantitative estimate of drug-likeness (QED) is 0.862. The molecule has 0 spiro atoms. The molecule has 1 unspecified atom stereocenters. The van der Waals surface area contributed by atoms with E-state index >= 15 is 0 Å². The van der Waals surface area contributed by atoms with E-state index in [-0.39, 0.29) is 0 Å². The lowest BCUT2D eigenvalue weighted by Gasteiger charge is -2.13. The van der Waals surface area contributed by atoms with Crippen LogP contribution >= 0.6 is 0 Å². The molecule has 94 valence electrons. The largest absolute Gasteiger partial charge is 0.416 e. The van der Waals surface area contributed by atoms with Crippen LogP contribution in [0.2, 0.25) is 0 Å². The predicted molar refractivity (Wildman–Crippen MR) is 61.9 cm³/mol. The van der Waals surface area contributed by atoms with Gasteiger partial charge in [-0.2, -0.15) is 13.2 Å². The second kappa shape index (κ2) is 4.82. The topological polar surface area (TPSA) is 20.2 Å². The van der Waals surface area contributed by atoms with Gasteiger partial charge in [-0.1, -0.05) is 42.5 Å². The average molecular weight is 252 g/mol. The smallest absolute Gasteiger partial charge is 0.384 e. The van der Waals surface area contributed by atoms with E-state index in [1.165, 1.54) is 12.1 Å². The van der Waals surface area contributed by atoms with Gasteiger partial charge in [-0.05, 0) is 23.3 Å². The molecule has 4 heteroatoms. The average Bonchev–Trinajstić information content (AvgIpc) is 2.38. The fourth-order valence-corrected chi connectivity index (χ4v) is 1.68. The summed E-state index contributed by atoms with van der Waals surface area (Å²) in [6, 6.07) is 13.3. The number of benzene rings is 2. The van der Waals surface area contributed by atoms with Crippen molar-refractivity contribution in [1.82, 2.24) is 0 Å². The lowest BCUT2D eigenvalue weighted by atomic mass is 10.0. The first-order valence-corrected chi connectivity index (χ1v) is 5.38. The third-order valence-electron chi connectivity index (χ3n) is 2.67. The summed E-state index contributed by atoms with van der Waals surface area (Å²) in [7, 11) is 0. The zero-order valence-corrected chi connectivity index (χ0v) is 9.35. The summed E-state index contributed by atoms with van der Waals surface area (Å²) >= 11 is 0. The molecule has 18 heavy (non-hydrogen) atoms. The molecule has 0 bridgehead atoms. The SMILES string of the molecule is OC(c1ccccc1)c1ccc(C(F)(F)F)cc1. The molecular weight excluding hydrogens is 241 g/mol. The molecule has 1 N–H and O–H groups in total. The molecular formula is C14H11F3O. The molecule has 1 atom stereocenters. The summed E-state index contributed by atoms with van der Waals surface area (Å²) in [4.78, 5) is 0. The lowest BCUT2D eigenvalue weighted by Crippen LogP contribution is -2.06. The Balaban J connectivity index is 2.25. The maximum Gasteiger partial charge on any atom is 0.416 e. The highest BCUT2D eigenvalue weighted by Crippen LogP contribution is 2.30. The Labute approximate surface area is 103 Å². The second-order valence-electron chi connectivity index (χ2n) is 3.93. The predicted octanol–water partition coefficient (Wildman–Crippen LogP) is 3.79. The molecule has 2 aromatic carbocycles. The highest BCUT2D eigenvalue weighted by atomic mass is 19.4. The Morgan fingerprint density at radius 1 is 0.778 bits per heavy atom. The standard InChI is InChI=1S/C14H11F3O/c15-14(16,17)12-8-6-11(7-9-12)13(18)10-4-2-1-3-5-10/h1-9,13,18H. The lowest BCUT2D eigenvalue weighted by molar-refractivity contribution is -0.137. The van der Waals surface area contributed by atoms with Crippen LogP contribution in [-0.4, -0.2) is 5.11 Å². The molecule has 0 saturated heterocycles. The Bertz CT molecular complexity index is 503. The van der Waals surface area contributed by atoms with Gasteiger partial charge in [-0.3, -0.25) is 0 Å². The van der Waals surface area contributed by atoms with Crippen LogP contribution in [-0.2, 0) is 6.18 Å². The van der Waals surface area contributed by atoms with Crippen molar-refractivity contribution >= 4 is 0 Å². The van der Waals surface area contributed by atoms with Gasteiger partial charge < -0.3 is 5.11 Å². The van der Waals surface area contributed by atoms with E-state index in [1.807, 2.05) is 6.07 Å². The van der Waals surface area contributed by atoms with E-state index in [1.54, 1.807) is 24.3 Å². The van der Waals surface area contributed by atoms with Gasteiger partial charge in [-0.25, -0.2) is 0 Å². The summed E-state index contributed by atoms with van der Waals surface area (Å²) in [5.74, 6) is 0. The minimum atomic E-state index is -4.35. The highest BCUT2D eigenvalue weighted by Gasteiger charge is 2.30. The van der Waals surface area contributed by atoms with Crippen molar-refractivity contribution in [3.05, 3.63) is 71.3 Å². The van der Waals surface area contributed by atoms with E-state index in [0.717, 1.165) is 12.1 Å². The number of hydrogen-bond acceptors (Lipinski definition) is 1. The summed E-state index contributed by atoms with van der Waals surface area (Å²) in [5.41, 5.74) is 0.373. The van der Waals surface area contributed by atoms with E-state index in [2.05, 4.69) is 0 Å². The van der Waals surface area contributed by atoms with Crippen molar-refractivity contribution in [2.45, 2.75) is 12.3 Å². The minimum Gasteiger partial charge on any atom is -0.384 e. The fraction of sp³-hybridized carbons (Fsp3) is 0.143. The van der Waals surface area contributed by atoms with Gasteiger partial charge in [0.1, 0.15) is 6.10 Å².